The molecule has 1 N–H and O–H groups in total. The van der Waals surface area contributed by atoms with Crippen LogP contribution in [0.1, 0.15) is 32.4 Å². The number of benzene rings is 2. The van der Waals surface area contributed by atoms with Gasteiger partial charge < -0.3 is 14.4 Å². The van der Waals surface area contributed by atoms with Crippen molar-refractivity contribution >= 4 is 17.4 Å². The number of aliphatic hydroxyl groups excluding tert-OH is 1. The van der Waals surface area contributed by atoms with Crippen LogP contribution in [0.2, 0.25) is 0 Å². The van der Waals surface area contributed by atoms with Crippen LogP contribution in [-0.2, 0) is 9.59 Å². The Kier molecular flexibility index (Phi) is 5.92. The van der Waals surface area contributed by atoms with E-state index in [2.05, 4.69) is 9.89 Å². The molecule has 0 fully saturated rings. The van der Waals surface area contributed by atoms with E-state index in [1.54, 1.807) is 51.1 Å². The molecule has 0 saturated carbocycles. The number of hydrogen-bond donors (Lipinski definition) is 1. The monoisotopic (exact) mass is 486 g/mol. The molecule has 4 rings (SSSR count). The van der Waals surface area contributed by atoms with Crippen molar-refractivity contribution in [1.29, 1.82) is 0 Å². The number of ketones is 1. The van der Waals surface area contributed by atoms with Crippen LogP contribution in [0, 0.1) is 5.41 Å². The normalized spacial score (nSPS) is 16.7. The van der Waals surface area contributed by atoms with Crippen LogP contribution >= 0.6 is 0 Å². The number of amides is 1. The van der Waals surface area contributed by atoms with Crippen molar-refractivity contribution in [1.82, 2.24) is 5.16 Å². The number of nitrogens with zero attached hydrogens (tertiary/aromatic N) is 2. The number of carbonyl (C=O) groups excluding carboxylic acids is 2. The van der Waals surface area contributed by atoms with Crippen molar-refractivity contribution in [3.63, 3.8) is 0 Å². The van der Waals surface area contributed by atoms with Gasteiger partial charge in [-0.3, -0.25) is 14.5 Å². The lowest BCUT2D eigenvalue weighted by Crippen LogP contribution is -2.33. The Morgan fingerprint density at radius 3 is 2.29 bits per heavy atom. The van der Waals surface area contributed by atoms with Gasteiger partial charge in [0.15, 0.2) is 11.5 Å². The first-order valence-electron chi connectivity index (χ1n) is 10.6. The standard InChI is InChI=1S/C25H21F3N2O5/c1-24(2,3)22(32)19-20(16-6-4-5-7-18(16)35-25(26,27)28)30(23(33)21(19)31)15-10-8-14(9-11-15)17-12-13-34-29-17/h4-13,20,31H,1-3H3. The van der Waals surface area contributed by atoms with Gasteiger partial charge in [-0.2, -0.15) is 0 Å². The van der Waals surface area contributed by atoms with Gasteiger partial charge in [-0.05, 0) is 18.2 Å². The summed E-state index contributed by atoms with van der Waals surface area (Å²) in [6, 6.07) is 11.9. The molecule has 1 aliphatic rings. The Bertz CT molecular complexity index is 1290. The van der Waals surface area contributed by atoms with Gasteiger partial charge in [0.25, 0.3) is 5.91 Å². The number of carbonyl (C=O) groups is 2. The van der Waals surface area contributed by atoms with Crippen LogP contribution in [0.4, 0.5) is 18.9 Å². The maximum absolute atomic E-state index is 13.3. The van der Waals surface area contributed by atoms with E-state index in [-0.39, 0.29) is 16.8 Å². The van der Waals surface area contributed by atoms with E-state index >= 15 is 0 Å². The van der Waals surface area contributed by atoms with Crippen molar-refractivity contribution in [2.24, 2.45) is 5.41 Å². The zero-order valence-electron chi connectivity index (χ0n) is 19.0. The Labute approximate surface area is 198 Å². The maximum Gasteiger partial charge on any atom is 0.573 e. The molecular weight excluding hydrogens is 465 g/mol. The summed E-state index contributed by atoms with van der Waals surface area (Å²) in [5.41, 5.74) is 0.00661. The van der Waals surface area contributed by atoms with Crippen LogP contribution in [0.25, 0.3) is 11.3 Å². The van der Waals surface area contributed by atoms with Gasteiger partial charge >= 0.3 is 6.36 Å². The largest absolute Gasteiger partial charge is 0.573 e. The highest BCUT2D eigenvalue weighted by atomic mass is 19.4. The lowest BCUT2D eigenvalue weighted by atomic mass is 9.82. The minimum Gasteiger partial charge on any atom is -0.503 e. The summed E-state index contributed by atoms with van der Waals surface area (Å²) in [6.07, 6.45) is -3.62. The molecule has 10 heteroatoms. The average molecular weight is 486 g/mol. The van der Waals surface area contributed by atoms with Crippen LogP contribution in [0.5, 0.6) is 5.75 Å². The molecule has 0 radical (unpaired) electrons. The van der Waals surface area contributed by atoms with Crippen LogP contribution < -0.4 is 9.64 Å². The quantitative estimate of drug-likeness (QED) is 0.493. The number of rotatable bonds is 5. The number of halogens is 3. The highest BCUT2D eigenvalue weighted by molar-refractivity contribution is 6.17. The number of alkyl halides is 3. The second-order valence-corrected chi connectivity index (χ2v) is 8.94. The van der Waals surface area contributed by atoms with E-state index in [0.717, 1.165) is 11.0 Å². The van der Waals surface area contributed by atoms with E-state index in [0.29, 0.717) is 11.3 Å². The SMILES string of the molecule is CC(C)(C)C(=O)C1=C(O)C(=O)N(c2ccc(-c3ccon3)cc2)C1c1ccccc1OC(F)(F)F. The van der Waals surface area contributed by atoms with Crippen LogP contribution in [0.15, 0.2) is 76.7 Å². The van der Waals surface area contributed by atoms with Crippen molar-refractivity contribution in [3.8, 4) is 17.0 Å². The topological polar surface area (TPSA) is 92.9 Å². The molecule has 0 saturated heterocycles. The lowest BCUT2D eigenvalue weighted by Gasteiger charge is -2.30. The molecule has 1 amide bonds. The fraction of sp³-hybridized carbons (Fsp3) is 0.240. The fourth-order valence-electron chi connectivity index (χ4n) is 3.88. The first-order chi connectivity index (χ1) is 16.4. The number of hydrogen-bond acceptors (Lipinski definition) is 6. The highest BCUT2D eigenvalue weighted by Crippen LogP contribution is 2.46. The summed E-state index contributed by atoms with van der Waals surface area (Å²) in [5.74, 6) is -2.91. The van der Waals surface area contributed by atoms with Crippen LogP contribution in [-0.4, -0.2) is 28.3 Å². The zero-order chi connectivity index (χ0) is 25.5. The smallest absolute Gasteiger partial charge is 0.503 e. The fourth-order valence-corrected chi connectivity index (χ4v) is 3.88. The number of aromatic nitrogens is 1. The van der Waals surface area contributed by atoms with Gasteiger partial charge in [0.05, 0.1) is 11.6 Å². The third-order valence-corrected chi connectivity index (χ3v) is 5.45. The Morgan fingerprint density at radius 2 is 1.71 bits per heavy atom. The van der Waals surface area contributed by atoms with E-state index in [1.807, 2.05) is 0 Å². The molecule has 35 heavy (non-hydrogen) atoms. The number of Topliss-reactive ketones (excluding diaryl/α,β-unsaturated/α-hetero) is 1. The second kappa shape index (κ2) is 8.61. The third-order valence-electron chi connectivity index (χ3n) is 5.45. The van der Waals surface area contributed by atoms with Gasteiger partial charge in [-0.1, -0.05) is 56.3 Å². The van der Waals surface area contributed by atoms with Gasteiger partial charge in [0.2, 0.25) is 0 Å². The number of para-hydroxylation sites is 1. The molecule has 0 aliphatic carbocycles. The van der Waals surface area contributed by atoms with Crippen molar-refractivity contribution in [3.05, 3.63) is 77.8 Å². The summed E-state index contributed by atoms with van der Waals surface area (Å²) >= 11 is 0. The first-order valence-corrected chi connectivity index (χ1v) is 10.6. The molecule has 1 unspecified atom stereocenters. The molecule has 7 nitrogen and oxygen atoms in total. The molecule has 1 aromatic heterocycles. The molecule has 1 aliphatic heterocycles. The summed E-state index contributed by atoms with van der Waals surface area (Å²) in [4.78, 5) is 27.6. The van der Waals surface area contributed by atoms with Gasteiger partial charge in [-0.25, -0.2) is 0 Å². The lowest BCUT2D eigenvalue weighted by molar-refractivity contribution is -0.274. The minimum absolute atomic E-state index is 0.101. The number of anilines is 1. The third kappa shape index (κ3) is 4.64. The molecule has 0 bridgehead atoms. The predicted molar refractivity (Wildman–Crippen MR) is 119 cm³/mol. The molecule has 182 valence electrons. The molecule has 2 heterocycles. The summed E-state index contributed by atoms with van der Waals surface area (Å²) < 4.78 is 48.5. The summed E-state index contributed by atoms with van der Waals surface area (Å²) in [5, 5.41) is 14.6. The average Bonchev–Trinajstić information content (AvgIpc) is 3.40. The van der Waals surface area contributed by atoms with Gasteiger partial charge in [-0.15, -0.1) is 13.2 Å². The van der Waals surface area contributed by atoms with E-state index in [4.69, 9.17) is 4.52 Å². The Balaban J connectivity index is 1.87. The zero-order valence-corrected chi connectivity index (χ0v) is 19.0. The van der Waals surface area contributed by atoms with E-state index in [9.17, 15) is 27.9 Å². The van der Waals surface area contributed by atoms with Crippen molar-refractivity contribution in [2.45, 2.75) is 33.2 Å². The molecule has 1 atom stereocenters. The second-order valence-electron chi connectivity index (χ2n) is 8.94. The maximum atomic E-state index is 13.3. The van der Waals surface area contributed by atoms with E-state index < -0.39 is 41.0 Å². The molecule has 0 spiro atoms. The van der Waals surface area contributed by atoms with E-state index in [1.165, 1.54) is 24.5 Å². The Morgan fingerprint density at radius 1 is 1.06 bits per heavy atom. The van der Waals surface area contributed by atoms with Crippen molar-refractivity contribution in [2.75, 3.05) is 4.90 Å². The summed E-state index contributed by atoms with van der Waals surface area (Å²) in [6.45, 7) is 4.76. The highest BCUT2D eigenvalue weighted by Gasteiger charge is 2.48. The number of aliphatic hydroxyl groups is 1. The van der Waals surface area contributed by atoms with Crippen LogP contribution in [0.3, 0.4) is 0 Å². The minimum atomic E-state index is -5.01. The molecular formula is C25H21F3N2O5. The van der Waals surface area contributed by atoms with Crippen molar-refractivity contribution < 1.29 is 37.1 Å². The predicted octanol–water partition coefficient (Wildman–Crippen LogP) is 5.76. The molecule has 2 aromatic carbocycles. The molecule has 3 aromatic rings. The number of ether oxygens (including phenoxy) is 1. The van der Waals surface area contributed by atoms with Gasteiger partial charge in [0.1, 0.15) is 17.7 Å². The Hall–Kier alpha value is -4.08. The van der Waals surface area contributed by atoms with Gasteiger partial charge in [0, 0.05) is 28.3 Å². The first kappa shape index (κ1) is 24.1. The summed E-state index contributed by atoms with van der Waals surface area (Å²) in [7, 11) is 0.